The summed E-state index contributed by atoms with van der Waals surface area (Å²) in [7, 11) is 0. The van der Waals surface area contributed by atoms with E-state index in [0.717, 1.165) is 0 Å². The normalized spacial score (nSPS) is 26.2. The van der Waals surface area contributed by atoms with E-state index in [0.29, 0.717) is 17.7 Å². The van der Waals surface area contributed by atoms with Crippen molar-refractivity contribution in [1.29, 1.82) is 0 Å². The molecule has 5 atom stereocenters. The van der Waals surface area contributed by atoms with Crippen molar-refractivity contribution in [3.05, 3.63) is 78.4 Å². The number of carbonyl (C=O) groups is 2. The van der Waals surface area contributed by atoms with Crippen LogP contribution in [0.15, 0.2) is 72.8 Å². The number of esters is 2. The minimum absolute atomic E-state index is 0.0652. The van der Waals surface area contributed by atoms with Crippen LogP contribution in [0.5, 0.6) is 5.75 Å². The number of fused-ring (bicyclic) bond motifs is 1. The summed E-state index contributed by atoms with van der Waals surface area (Å²) < 4.78 is 16.7. The van der Waals surface area contributed by atoms with Crippen LogP contribution in [0.25, 0.3) is 0 Å². The third-order valence-corrected chi connectivity index (χ3v) is 5.54. The third-order valence-electron chi connectivity index (χ3n) is 5.54. The zero-order chi connectivity index (χ0) is 20.9. The minimum Gasteiger partial charge on any atom is -0.491 e. The summed E-state index contributed by atoms with van der Waals surface area (Å²) in [6.07, 6.45) is 2.71. The molecule has 4 rings (SSSR count). The molecule has 1 N–H and O–H groups in total. The molecule has 1 saturated heterocycles. The van der Waals surface area contributed by atoms with E-state index in [9.17, 15) is 14.7 Å². The first-order chi connectivity index (χ1) is 14.6. The van der Waals surface area contributed by atoms with E-state index in [-0.39, 0.29) is 36.9 Å². The molecule has 6 nitrogen and oxygen atoms in total. The fourth-order valence-electron chi connectivity index (χ4n) is 4.08. The second kappa shape index (κ2) is 9.13. The maximum absolute atomic E-state index is 12.5. The molecule has 0 bridgehead atoms. The van der Waals surface area contributed by atoms with E-state index in [2.05, 4.69) is 0 Å². The maximum Gasteiger partial charge on any atom is 0.338 e. The summed E-state index contributed by atoms with van der Waals surface area (Å²) >= 11 is 0. The predicted octanol–water partition coefficient (Wildman–Crippen LogP) is 3.16. The molecule has 2 aromatic carbocycles. The Labute approximate surface area is 175 Å². The van der Waals surface area contributed by atoms with Gasteiger partial charge in [-0.25, -0.2) is 4.79 Å². The number of hydrogen-bond acceptors (Lipinski definition) is 6. The zero-order valence-electron chi connectivity index (χ0n) is 16.4. The van der Waals surface area contributed by atoms with Gasteiger partial charge in [-0.05, 0) is 24.3 Å². The smallest absolute Gasteiger partial charge is 0.338 e. The largest absolute Gasteiger partial charge is 0.491 e. The van der Waals surface area contributed by atoms with Gasteiger partial charge in [0.1, 0.15) is 30.7 Å². The summed E-state index contributed by atoms with van der Waals surface area (Å²) in [6, 6.07) is 18.0. The fourth-order valence-corrected chi connectivity index (χ4v) is 4.08. The molecule has 1 aliphatic carbocycles. The monoisotopic (exact) mass is 408 g/mol. The second-order valence-electron chi connectivity index (χ2n) is 7.60. The van der Waals surface area contributed by atoms with E-state index in [4.69, 9.17) is 14.2 Å². The highest BCUT2D eigenvalue weighted by atomic mass is 16.6. The van der Waals surface area contributed by atoms with Gasteiger partial charge in [-0.15, -0.1) is 0 Å². The van der Waals surface area contributed by atoms with Crippen LogP contribution in [-0.4, -0.2) is 42.0 Å². The van der Waals surface area contributed by atoms with Crippen molar-refractivity contribution >= 4 is 11.9 Å². The van der Waals surface area contributed by atoms with E-state index in [1.165, 1.54) is 0 Å². The standard InChI is InChI=1S/C24H24O6/c25-17(15-28-18-9-5-2-6-10-18)11-12-19-20-13-23(26)29-22(20)14-21(19)30-24(27)16-7-3-1-4-8-16/h1-12,17,19-22,25H,13-15H2/t17?,19-,20-,21-,22+/m1/s1. The topological polar surface area (TPSA) is 82.1 Å². The average Bonchev–Trinajstić information content (AvgIpc) is 3.27. The second-order valence-corrected chi connectivity index (χ2v) is 7.60. The number of benzene rings is 2. The van der Waals surface area contributed by atoms with Crippen LogP contribution in [0.4, 0.5) is 0 Å². The molecule has 0 radical (unpaired) electrons. The third kappa shape index (κ3) is 4.71. The lowest BCUT2D eigenvalue weighted by Crippen LogP contribution is -2.25. The van der Waals surface area contributed by atoms with Crippen LogP contribution in [0.1, 0.15) is 23.2 Å². The number of hydrogen-bond donors (Lipinski definition) is 1. The molecule has 0 aromatic heterocycles. The Morgan fingerprint density at radius 2 is 1.83 bits per heavy atom. The molecular weight excluding hydrogens is 384 g/mol. The van der Waals surface area contributed by atoms with Gasteiger partial charge in [-0.3, -0.25) is 4.79 Å². The number of aliphatic hydroxyl groups excluding tert-OH is 1. The van der Waals surface area contributed by atoms with Crippen molar-refractivity contribution in [2.75, 3.05) is 6.61 Å². The van der Waals surface area contributed by atoms with Crippen molar-refractivity contribution in [2.45, 2.75) is 31.2 Å². The van der Waals surface area contributed by atoms with Gasteiger partial charge in [-0.1, -0.05) is 48.6 Å². The molecule has 6 heteroatoms. The quantitative estimate of drug-likeness (QED) is 0.560. The number of para-hydroxylation sites is 1. The van der Waals surface area contributed by atoms with Crippen molar-refractivity contribution in [3.8, 4) is 5.75 Å². The molecule has 2 aromatic rings. The number of carbonyl (C=O) groups excluding carboxylic acids is 2. The van der Waals surface area contributed by atoms with Crippen molar-refractivity contribution < 1.29 is 28.9 Å². The van der Waals surface area contributed by atoms with E-state index >= 15 is 0 Å². The van der Waals surface area contributed by atoms with Gasteiger partial charge in [-0.2, -0.15) is 0 Å². The Bertz CT molecular complexity index is 894. The van der Waals surface area contributed by atoms with Crippen LogP contribution in [0, 0.1) is 11.8 Å². The van der Waals surface area contributed by atoms with E-state index < -0.39 is 18.2 Å². The molecule has 2 fully saturated rings. The molecule has 2 aliphatic rings. The summed E-state index contributed by atoms with van der Waals surface area (Å²) in [5, 5.41) is 10.3. The minimum atomic E-state index is -0.826. The van der Waals surface area contributed by atoms with Gasteiger partial charge in [0.15, 0.2) is 0 Å². The van der Waals surface area contributed by atoms with Crippen LogP contribution in [0.2, 0.25) is 0 Å². The van der Waals surface area contributed by atoms with Crippen molar-refractivity contribution in [1.82, 2.24) is 0 Å². The number of aliphatic hydroxyl groups is 1. The first kappa shape index (κ1) is 20.2. The van der Waals surface area contributed by atoms with Crippen LogP contribution < -0.4 is 4.74 Å². The molecule has 1 heterocycles. The lowest BCUT2D eigenvalue weighted by Gasteiger charge is -2.20. The molecule has 1 aliphatic heterocycles. The van der Waals surface area contributed by atoms with Crippen LogP contribution in [0.3, 0.4) is 0 Å². The first-order valence-corrected chi connectivity index (χ1v) is 10.1. The average molecular weight is 408 g/mol. The maximum atomic E-state index is 12.5. The lowest BCUT2D eigenvalue weighted by atomic mass is 9.91. The molecule has 0 amide bonds. The van der Waals surface area contributed by atoms with Gasteiger partial charge in [0.05, 0.1) is 12.0 Å². The van der Waals surface area contributed by atoms with Gasteiger partial charge in [0.2, 0.25) is 0 Å². The van der Waals surface area contributed by atoms with Crippen molar-refractivity contribution in [3.63, 3.8) is 0 Å². The Hall–Kier alpha value is -3.12. The fraction of sp³-hybridized carbons (Fsp3) is 0.333. The van der Waals surface area contributed by atoms with Crippen molar-refractivity contribution in [2.24, 2.45) is 11.8 Å². The first-order valence-electron chi connectivity index (χ1n) is 10.1. The molecule has 30 heavy (non-hydrogen) atoms. The molecule has 1 saturated carbocycles. The molecular formula is C24H24O6. The number of rotatable bonds is 7. The van der Waals surface area contributed by atoms with Gasteiger partial charge in [0, 0.05) is 18.3 Å². The highest BCUT2D eigenvalue weighted by Gasteiger charge is 2.50. The van der Waals surface area contributed by atoms with Gasteiger partial charge < -0.3 is 19.3 Å². The summed E-state index contributed by atoms with van der Waals surface area (Å²) in [5.41, 5.74) is 0.477. The molecule has 1 unspecified atom stereocenters. The Kier molecular flexibility index (Phi) is 6.14. The molecule has 156 valence electrons. The Balaban J connectivity index is 1.41. The summed E-state index contributed by atoms with van der Waals surface area (Å²) in [6.45, 7) is 0.102. The molecule has 0 spiro atoms. The number of ether oxygens (including phenoxy) is 3. The zero-order valence-corrected chi connectivity index (χ0v) is 16.4. The Morgan fingerprint density at radius 3 is 2.57 bits per heavy atom. The highest BCUT2D eigenvalue weighted by molar-refractivity contribution is 5.89. The van der Waals surface area contributed by atoms with E-state index in [1.807, 2.05) is 42.5 Å². The van der Waals surface area contributed by atoms with Crippen LogP contribution in [-0.2, 0) is 14.3 Å². The summed E-state index contributed by atoms with van der Waals surface area (Å²) in [5.74, 6) is -0.233. The Morgan fingerprint density at radius 1 is 1.13 bits per heavy atom. The van der Waals surface area contributed by atoms with Gasteiger partial charge >= 0.3 is 11.9 Å². The summed E-state index contributed by atoms with van der Waals surface area (Å²) in [4.78, 5) is 24.2. The van der Waals surface area contributed by atoms with Crippen LogP contribution >= 0.6 is 0 Å². The highest BCUT2D eigenvalue weighted by Crippen LogP contribution is 2.43. The predicted molar refractivity (Wildman–Crippen MR) is 109 cm³/mol. The SMILES string of the molecule is O=C1C[C@@H]2[C@@H](C=CC(O)COc3ccccc3)[C@H](OC(=O)c3ccccc3)C[C@@H]2O1. The van der Waals surface area contributed by atoms with Gasteiger partial charge in [0.25, 0.3) is 0 Å². The van der Waals surface area contributed by atoms with E-state index in [1.54, 1.807) is 30.3 Å². The lowest BCUT2D eigenvalue weighted by molar-refractivity contribution is -0.141.